The van der Waals surface area contributed by atoms with Gasteiger partial charge in [0.25, 0.3) is 0 Å². The highest BCUT2D eigenvalue weighted by atomic mass is 35.5. The summed E-state index contributed by atoms with van der Waals surface area (Å²) >= 11 is 6.02. The van der Waals surface area contributed by atoms with Crippen LogP contribution in [0.15, 0.2) is 47.4 Å². The second-order valence-electron chi connectivity index (χ2n) is 6.71. The third-order valence-corrected chi connectivity index (χ3v) is 7.06. The van der Waals surface area contributed by atoms with Gasteiger partial charge < -0.3 is 9.80 Å². The Morgan fingerprint density at radius 1 is 0.962 bits per heavy atom. The number of anilines is 2. The van der Waals surface area contributed by atoms with Crippen molar-refractivity contribution < 1.29 is 8.42 Å². The van der Waals surface area contributed by atoms with Crippen LogP contribution in [0, 0.1) is 6.92 Å². The first kappa shape index (κ1) is 19.0. The van der Waals surface area contributed by atoms with E-state index in [1.807, 2.05) is 21.0 Å². The maximum Gasteiger partial charge on any atom is 0.243 e. The van der Waals surface area contributed by atoms with Gasteiger partial charge in [0, 0.05) is 56.7 Å². The van der Waals surface area contributed by atoms with Crippen LogP contribution in [0.4, 0.5) is 11.4 Å². The van der Waals surface area contributed by atoms with Gasteiger partial charge in [0.05, 0.1) is 4.90 Å². The number of piperazine rings is 1. The second-order valence-corrected chi connectivity index (χ2v) is 9.06. The van der Waals surface area contributed by atoms with Gasteiger partial charge in [-0.1, -0.05) is 11.6 Å². The minimum atomic E-state index is -3.48. The molecule has 1 saturated heterocycles. The van der Waals surface area contributed by atoms with Gasteiger partial charge in [-0.2, -0.15) is 4.31 Å². The molecule has 0 radical (unpaired) electrons. The van der Waals surface area contributed by atoms with Crippen molar-refractivity contribution in [2.45, 2.75) is 11.8 Å². The summed E-state index contributed by atoms with van der Waals surface area (Å²) in [7, 11) is 0.539. The Labute approximate surface area is 160 Å². The van der Waals surface area contributed by atoms with Crippen LogP contribution in [-0.2, 0) is 10.0 Å². The maximum absolute atomic E-state index is 12.9. The third-order valence-electron chi connectivity index (χ3n) is 4.74. The van der Waals surface area contributed by atoms with E-state index < -0.39 is 10.0 Å². The van der Waals surface area contributed by atoms with Crippen LogP contribution in [0.3, 0.4) is 0 Å². The van der Waals surface area contributed by atoms with Gasteiger partial charge >= 0.3 is 0 Å². The molecule has 0 aromatic heterocycles. The lowest BCUT2D eigenvalue weighted by Gasteiger charge is -2.35. The Balaban J connectivity index is 1.70. The van der Waals surface area contributed by atoms with Gasteiger partial charge in [0.15, 0.2) is 0 Å². The fourth-order valence-electron chi connectivity index (χ4n) is 3.07. The molecule has 26 heavy (non-hydrogen) atoms. The van der Waals surface area contributed by atoms with Crippen LogP contribution in [0.5, 0.6) is 0 Å². The van der Waals surface area contributed by atoms with Crippen molar-refractivity contribution in [1.82, 2.24) is 4.31 Å². The smallest absolute Gasteiger partial charge is 0.243 e. The van der Waals surface area contributed by atoms with Crippen LogP contribution < -0.4 is 9.80 Å². The van der Waals surface area contributed by atoms with E-state index in [0.717, 1.165) is 16.9 Å². The van der Waals surface area contributed by atoms with Crippen molar-refractivity contribution in [2.75, 3.05) is 50.1 Å². The molecule has 0 amide bonds. The molecular formula is C19H24ClN3O2S. The normalized spacial score (nSPS) is 15.9. The number of benzene rings is 2. The molecule has 7 heteroatoms. The first-order chi connectivity index (χ1) is 12.3. The van der Waals surface area contributed by atoms with E-state index in [4.69, 9.17) is 11.6 Å². The Morgan fingerprint density at radius 2 is 1.58 bits per heavy atom. The van der Waals surface area contributed by atoms with Gasteiger partial charge in [-0.3, -0.25) is 0 Å². The molecule has 1 fully saturated rings. The molecule has 1 heterocycles. The SMILES string of the molecule is Cc1cc(S(=O)(=O)N2CCN(c3ccc(N(C)C)cc3)CC2)ccc1Cl. The molecule has 5 nitrogen and oxygen atoms in total. The third kappa shape index (κ3) is 3.82. The second kappa shape index (κ2) is 7.47. The molecule has 0 N–H and O–H groups in total. The fraction of sp³-hybridized carbons (Fsp3) is 0.368. The average molecular weight is 394 g/mol. The summed E-state index contributed by atoms with van der Waals surface area (Å²) in [5.74, 6) is 0. The zero-order valence-corrected chi connectivity index (χ0v) is 16.9. The molecule has 0 atom stereocenters. The number of hydrogen-bond acceptors (Lipinski definition) is 4. The van der Waals surface area contributed by atoms with Gasteiger partial charge in [-0.15, -0.1) is 0 Å². The highest BCUT2D eigenvalue weighted by molar-refractivity contribution is 7.89. The molecule has 0 bridgehead atoms. The molecule has 0 unspecified atom stereocenters. The molecule has 1 aliphatic heterocycles. The van der Waals surface area contributed by atoms with Gasteiger partial charge in [0.1, 0.15) is 0 Å². The van der Waals surface area contributed by atoms with E-state index in [0.29, 0.717) is 36.1 Å². The summed E-state index contributed by atoms with van der Waals surface area (Å²) in [6, 6.07) is 13.2. The van der Waals surface area contributed by atoms with Gasteiger partial charge in [-0.05, 0) is 55.0 Å². The van der Waals surface area contributed by atoms with Crippen molar-refractivity contribution in [1.29, 1.82) is 0 Å². The number of hydrogen-bond donors (Lipinski definition) is 0. The largest absolute Gasteiger partial charge is 0.378 e. The van der Waals surface area contributed by atoms with E-state index >= 15 is 0 Å². The number of aryl methyl sites for hydroxylation is 1. The Morgan fingerprint density at radius 3 is 2.12 bits per heavy atom. The number of rotatable bonds is 4. The van der Waals surface area contributed by atoms with Crippen LogP contribution in [0.25, 0.3) is 0 Å². The van der Waals surface area contributed by atoms with Crippen molar-refractivity contribution in [2.24, 2.45) is 0 Å². The minimum absolute atomic E-state index is 0.309. The van der Waals surface area contributed by atoms with Crippen molar-refractivity contribution in [3.8, 4) is 0 Å². The molecule has 0 saturated carbocycles. The fourth-order valence-corrected chi connectivity index (χ4v) is 4.70. The molecule has 1 aliphatic rings. The first-order valence-corrected chi connectivity index (χ1v) is 10.4. The zero-order chi connectivity index (χ0) is 18.9. The van der Waals surface area contributed by atoms with Gasteiger partial charge in [0.2, 0.25) is 10.0 Å². The molecule has 140 valence electrons. The van der Waals surface area contributed by atoms with E-state index in [1.165, 1.54) is 0 Å². The molecule has 3 rings (SSSR count). The summed E-state index contributed by atoms with van der Waals surface area (Å²) < 4.78 is 27.3. The maximum atomic E-state index is 12.9. The van der Waals surface area contributed by atoms with Crippen LogP contribution in [0.1, 0.15) is 5.56 Å². The zero-order valence-electron chi connectivity index (χ0n) is 15.3. The lowest BCUT2D eigenvalue weighted by molar-refractivity contribution is 0.385. The quantitative estimate of drug-likeness (QED) is 0.799. The first-order valence-electron chi connectivity index (χ1n) is 8.57. The monoisotopic (exact) mass is 393 g/mol. The van der Waals surface area contributed by atoms with Crippen molar-refractivity contribution in [3.05, 3.63) is 53.1 Å². The van der Waals surface area contributed by atoms with E-state index in [9.17, 15) is 8.42 Å². The predicted molar refractivity (Wildman–Crippen MR) is 108 cm³/mol. The van der Waals surface area contributed by atoms with Crippen molar-refractivity contribution in [3.63, 3.8) is 0 Å². The Kier molecular flexibility index (Phi) is 5.46. The van der Waals surface area contributed by atoms with Crippen LogP contribution >= 0.6 is 11.6 Å². The van der Waals surface area contributed by atoms with E-state index in [2.05, 4.69) is 34.1 Å². The topological polar surface area (TPSA) is 43.9 Å². The summed E-state index contributed by atoms with van der Waals surface area (Å²) in [5.41, 5.74) is 3.04. The number of halogens is 1. The standard InChI is InChI=1S/C19H24ClN3O2S/c1-15-14-18(8-9-19(15)20)26(24,25)23-12-10-22(11-13-23)17-6-4-16(5-7-17)21(2)3/h4-9,14H,10-13H2,1-3H3. The lowest BCUT2D eigenvalue weighted by atomic mass is 10.2. The summed E-state index contributed by atoms with van der Waals surface area (Å²) in [6.45, 7) is 4.11. The predicted octanol–water partition coefficient (Wildman–Crippen LogP) is 3.23. The van der Waals surface area contributed by atoms with Gasteiger partial charge in [-0.25, -0.2) is 8.42 Å². The number of nitrogens with zero attached hydrogens (tertiary/aromatic N) is 3. The summed E-state index contributed by atoms with van der Waals surface area (Å²) in [5, 5.41) is 0.579. The summed E-state index contributed by atoms with van der Waals surface area (Å²) in [4.78, 5) is 4.59. The Bertz CT molecular complexity index is 874. The number of sulfonamides is 1. The average Bonchev–Trinajstić information content (AvgIpc) is 2.64. The van der Waals surface area contributed by atoms with Crippen LogP contribution in [-0.4, -0.2) is 53.0 Å². The molecule has 0 spiro atoms. The van der Waals surface area contributed by atoms with E-state index in [-0.39, 0.29) is 0 Å². The van der Waals surface area contributed by atoms with Crippen molar-refractivity contribution >= 4 is 33.0 Å². The lowest BCUT2D eigenvalue weighted by Crippen LogP contribution is -2.48. The summed E-state index contributed by atoms with van der Waals surface area (Å²) in [6.07, 6.45) is 0. The molecular weight excluding hydrogens is 370 g/mol. The highest BCUT2D eigenvalue weighted by Crippen LogP contribution is 2.25. The molecule has 2 aromatic rings. The highest BCUT2D eigenvalue weighted by Gasteiger charge is 2.28. The molecule has 0 aliphatic carbocycles. The Hall–Kier alpha value is -1.76. The minimum Gasteiger partial charge on any atom is -0.378 e. The molecule has 2 aromatic carbocycles. The van der Waals surface area contributed by atoms with E-state index in [1.54, 1.807) is 22.5 Å². The van der Waals surface area contributed by atoms with Crippen LogP contribution in [0.2, 0.25) is 5.02 Å².